The van der Waals surface area contributed by atoms with Gasteiger partial charge in [0.05, 0.1) is 12.1 Å². The molecule has 1 aromatic carbocycles. The zero-order valence-electron chi connectivity index (χ0n) is 18.6. The third-order valence-electron chi connectivity index (χ3n) is 6.27. The molecule has 1 aromatic heterocycles. The minimum Gasteiger partial charge on any atom is -0.424 e. The average Bonchev–Trinajstić information content (AvgIpc) is 3.57. The molecule has 7 nitrogen and oxygen atoms in total. The molecule has 0 bridgehead atoms. The smallest absolute Gasteiger partial charge is 0.416 e. The summed E-state index contributed by atoms with van der Waals surface area (Å²) in [4.78, 5) is 22.8. The number of piperazine rings is 1. The van der Waals surface area contributed by atoms with Crippen molar-refractivity contribution in [2.45, 2.75) is 44.9 Å². The number of aromatic nitrogens is 1. The van der Waals surface area contributed by atoms with Crippen LogP contribution in [0.15, 0.2) is 28.7 Å². The lowest BCUT2D eigenvalue weighted by atomic mass is 10.0. The highest BCUT2D eigenvalue weighted by Gasteiger charge is 2.37. The molecule has 2 aliphatic rings. The van der Waals surface area contributed by atoms with E-state index in [-0.39, 0.29) is 30.2 Å². The highest BCUT2D eigenvalue weighted by atomic mass is 19.4. The van der Waals surface area contributed by atoms with E-state index in [1.165, 1.54) is 12.1 Å². The quantitative estimate of drug-likeness (QED) is 0.652. The Morgan fingerprint density at radius 1 is 1.30 bits per heavy atom. The Balaban J connectivity index is 1.40. The van der Waals surface area contributed by atoms with Crippen molar-refractivity contribution in [1.29, 1.82) is 5.26 Å². The highest BCUT2D eigenvalue weighted by Crippen LogP contribution is 2.36. The Kier molecular flexibility index (Phi) is 6.34. The fourth-order valence-corrected chi connectivity index (χ4v) is 4.27. The molecule has 1 amide bonds. The largest absolute Gasteiger partial charge is 0.424 e. The van der Waals surface area contributed by atoms with E-state index < -0.39 is 11.7 Å². The van der Waals surface area contributed by atoms with E-state index in [1.54, 1.807) is 17.9 Å². The monoisotopic (exact) mass is 461 g/mol. The van der Waals surface area contributed by atoms with Crippen LogP contribution in [0.4, 0.5) is 19.1 Å². The molecular weight excluding hydrogens is 435 g/mol. The lowest BCUT2D eigenvalue weighted by Gasteiger charge is -2.37. The predicted octanol–water partition coefficient (Wildman–Crippen LogP) is 3.75. The number of nitriles is 1. The van der Waals surface area contributed by atoms with Crippen LogP contribution >= 0.6 is 0 Å². The second-order valence-electron chi connectivity index (χ2n) is 8.57. The number of benzene rings is 1. The molecule has 176 valence electrons. The van der Waals surface area contributed by atoms with Crippen LogP contribution in [0.25, 0.3) is 0 Å². The Morgan fingerprint density at radius 3 is 2.61 bits per heavy atom. The number of halogens is 3. The maximum Gasteiger partial charge on any atom is 0.416 e. The normalized spacial score (nSPS) is 17.8. The van der Waals surface area contributed by atoms with Gasteiger partial charge in [0, 0.05) is 45.2 Å². The van der Waals surface area contributed by atoms with Gasteiger partial charge in [0.2, 0.25) is 17.5 Å². The number of nitrogens with zero attached hydrogens (tertiary/aromatic N) is 5. The minimum atomic E-state index is -4.40. The van der Waals surface area contributed by atoms with Gasteiger partial charge >= 0.3 is 6.18 Å². The predicted molar refractivity (Wildman–Crippen MR) is 114 cm³/mol. The number of oxazole rings is 1. The van der Waals surface area contributed by atoms with Gasteiger partial charge in [0.1, 0.15) is 6.07 Å². The molecule has 2 fully saturated rings. The van der Waals surface area contributed by atoms with E-state index in [0.29, 0.717) is 43.5 Å². The Bertz CT molecular complexity index is 1050. The Morgan fingerprint density at radius 2 is 2.00 bits per heavy atom. The lowest BCUT2D eigenvalue weighted by molar-refractivity contribution is -0.138. The van der Waals surface area contributed by atoms with Crippen molar-refractivity contribution in [3.8, 4) is 6.07 Å². The molecule has 4 rings (SSSR count). The number of aryl methyl sites for hydroxylation is 1. The van der Waals surface area contributed by atoms with Crippen molar-refractivity contribution in [1.82, 2.24) is 14.8 Å². The fourth-order valence-electron chi connectivity index (χ4n) is 4.27. The number of hydrogen-bond acceptors (Lipinski definition) is 6. The number of amides is 1. The van der Waals surface area contributed by atoms with Gasteiger partial charge in [-0.3, -0.25) is 9.69 Å². The van der Waals surface area contributed by atoms with Crippen LogP contribution in [0.1, 0.15) is 48.5 Å². The first-order valence-electron chi connectivity index (χ1n) is 11.0. The van der Waals surface area contributed by atoms with Gasteiger partial charge < -0.3 is 14.2 Å². The molecule has 2 aromatic rings. The molecule has 2 heterocycles. The number of rotatable bonds is 6. The summed E-state index contributed by atoms with van der Waals surface area (Å²) in [5.74, 6) is 0.804. The molecule has 0 spiro atoms. The van der Waals surface area contributed by atoms with E-state index in [1.807, 2.05) is 22.8 Å². The van der Waals surface area contributed by atoms with Crippen molar-refractivity contribution >= 4 is 11.8 Å². The SMILES string of the molecule is Cc1nc(C#N)c(N2CCN(C(=O)CN(C3CC3)C(C)c3cccc(C(F)(F)F)c3)CC2)o1. The summed E-state index contributed by atoms with van der Waals surface area (Å²) in [7, 11) is 0. The summed E-state index contributed by atoms with van der Waals surface area (Å²) >= 11 is 0. The minimum absolute atomic E-state index is 0.0466. The van der Waals surface area contributed by atoms with E-state index >= 15 is 0 Å². The van der Waals surface area contributed by atoms with E-state index in [2.05, 4.69) is 4.98 Å². The van der Waals surface area contributed by atoms with Crippen LogP contribution in [-0.4, -0.2) is 59.5 Å². The van der Waals surface area contributed by atoms with Gasteiger partial charge in [0.25, 0.3) is 0 Å². The van der Waals surface area contributed by atoms with Gasteiger partial charge in [-0.25, -0.2) is 4.98 Å². The molecule has 1 saturated carbocycles. The maximum absolute atomic E-state index is 13.2. The molecule has 1 aliphatic carbocycles. The zero-order chi connectivity index (χ0) is 23.8. The lowest BCUT2D eigenvalue weighted by Crippen LogP contribution is -2.51. The summed E-state index contributed by atoms with van der Waals surface area (Å²) in [6.45, 7) is 5.67. The van der Waals surface area contributed by atoms with E-state index in [9.17, 15) is 23.2 Å². The second kappa shape index (κ2) is 9.06. The van der Waals surface area contributed by atoms with Crippen LogP contribution in [-0.2, 0) is 11.0 Å². The number of anilines is 1. The van der Waals surface area contributed by atoms with Crippen LogP contribution in [0.3, 0.4) is 0 Å². The number of hydrogen-bond donors (Lipinski definition) is 0. The van der Waals surface area contributed by atoms with Crippen molar-refractivity contribution < 1.29 is 22.4 Å². The fraction of sp³-hybridized carbons (Fsp3) is 0.522. The zero-order valence-corrected chi connectivity index (χ0v) is 18.6. The van der Waals surface area contributed by atoms with Gasteiger partial charge in [-0.1, -0.05) is 12.1 Å². The van der Waals surface area contributed by atoms with Crippen LogP contribution in [0.2, 0.25) is 0 Å². The standard InChI is InChI=1S/C23H26F3N5O2/c1-15(17-4-3-5-18(12-17)23(24,25)26)31(19-6-7-19)14-21(32)29-8-10-30(11-9-29)22-20(13-27)28-16(2)33-22/h3-5,12,15,19H,6-11,14H2,1-2H3. The average molecular weight is 461 g/mol. The molecule has 1 atom stereocenters. The van der Waals surface area contributed by atoms with Crippen molar-refractivity contribution in [3.05, 3.63) is 47.0 Å². The third kappa shape index (κ3) is 5.14. The van der Waals surface area contributed by atoms with E-state index in [4.69, 9.17) is 4.42 Å². The molecule has 1 unspecified atom stereocenters. The summed E-state index contributed by atoms with van der Waals surface area (Å²) in [6, 6.07) is 7.27. The molecule has 0 N–H and O–H groups in total. The summed E-state index contributed by atoms with van der Waals surface area (Å²) in [5, 5.41) is 9.24. The molecule has 10 heteroatoms. The first-order valence-corrected chi connectivity index (χ1v) is 11.0. The molecule has 1 aliphatic heterocycles. The number of alkyl halides is 3. The number of carbonyl (C=O) groups is 1. The Labute approximate surface area is 190 Å². The topological polar surface area (TPSA) is 76.6 Å². The molecule has 0 radical (unpaired) electrons. The van der Waals surface area contributed by atoms with Crippen LogP contribution in [0.5, 0.6) is 0 Å². The van der Waals surface area contributed by atoms with Crippen LogP contribution < -0.4 is 4.90 Å². The maximum atomic E-state index is 13.2. The van der Waals surface area contributed by atoms with Gasteiger partial charge in [-0.05, 0) is 37.5 Å². The number of carbonyl (C=O) groups excluding carboxylic acids is 1. The first kappa shape index (κ1) is 23.1. The second-order valence-corrected chi connectivity index (χ2v) is 8.57. The molecular formula is C23H26F3N5O2. The van der Waals surface area contributed by atoms with Crippen molar-refractivity contribution in [2.24, 2.45) is 0 Å². The van der Waals surface area contributed by atoms with Crippen molar-refractivity contribution in [2.75, 3.05) is 37.6 Å². The summed E-state index contributed by atoms with van der Waals surface area (Å²) in [5.41, 5.74) is 0.116. The first-order chi connectivity index (χ1) is 15.7. The van der Waals surface area contributed by atoms with E-state index in [0.717, 1.165) is 18.9 Å². The molecule has 33 heavy (non-hydrogen) atoms. The highest BCUT2D eigenvalue weighted by molar-refractivity contribution is 5.78. The third-order valence-corrected chi connectivity index (χ3v) is 6.27. The Hall–Kier alpha value is -3.06. The van der Waals surface area contributed by atoms with Gasteiger partial charge in [-0.15, -0.1) is 0 Å². The summed E-state index contributed by atoms with van der Waals surface area (Å²) < 4.78 is 45.0. The van der Waals surface area contributed by atoms with Crippen molar-refractivity contribution in [3.63, 3.8) is 0 Å². The van der Waals surface area contributed by atoms with Gasteiger partial charge in [-0.2, -0.15) is 18.4 Å². The van der Waals surface area contributed by atoms with Gasteiger partial charge in [0.15, 0.2) is 5.89 Å². The molecule has 1 saturated heterocycles. The van der Waals surface area contributed by atoms with Crippen LogP contribution in [0, 0.1) is 18.3 Å². The summed E-state index contributed by atoms with van der Waals surface area (Å²) in [6.07, 6.45) is -2.53.